The number of anilines is 2. The second-order valence-corrected chi connectivity index (χ2v) is 9.49. The van der Waals surface area contributed by atoms with Crippen LogP contribution in [0, 0.1) is 16.7 Å². The summed E-state index contributed by atoms with van der Waals surface area (Å²) < 4.78 is 8.15. The molecule has 8 nitrogen and oxygen atoms in total. The summed E-state index contributed by atoms with van der Waals surface area (Å²) in [6, 6.07) is 9.40. The first-order valence-corrected chi connectivity index (χ1v) is 11.2. The van der Waals surface area contributed by atoms with Crippen LogP contribution in [-0.2, 0) is 16.1 Å². The van der Waals surface area contributed by atoms with Crippen LogP contribution < -0.4 is 25.4 Å². The molecule has 0 bridgehead atoms. The lowest BCUT2D eigenvalue weighted by Gasteiger charge is -2.18. The van der Waals surface area contributed by atoms with Crippen molar-refractivity contribution in [2.75, 3.05) is 17.2 Å². The maximum absolute atomic E-state index is 12.9. The fourth-order valence-corrected chi connectivity index (χ4v) is 4.03. The van der Waals surface area contributed by atoms with Gasteiger partial charge in [-0.1, -0.05) is 26.8 Å². The number of rotatable bonds is 5. The van der Waals surface area contributed by atoms with Gasteiger partial charge in [-0.3, -0.25) is 14.2 Å². The first-order valence-electron chi connectivity index (χ1n) is 10.4. The number of aliphatic imine (C=N–C) groups is 1. The molecule has 0 saturated carbocycles. The molecule has 0 radical (unpaired) electrons. The average molecular weight is 454 g/mol. The van der Waals surface area contributed by atoms with E-state index < -0.39 is 5.41 Å². The number of nitriles is 1. The van der Waals surface area contributed by atoms with Gasteiger partial charge in [0, 0.05) is 29.5 Å². The van der Waals surface area contributed by atoms with E-state index in [1.54, 1.807) is 22.9 Å². The molecule has 1 aliphatic rings. The predicted molar refractivity (Wildman–Crippen MR) is 128 cm³/mol. The molecular formula is C23H27N5O3S. The minimum Gasteiger partial charge on any atom is -0.472 e. The fourth-order valence-electron chi connectivity index (χ4n) is 2.95. The van der Waals surface area contributed by atoms with Gasteiger partial charge in [0.25, 0.3) is 5.56 Å². The van der Waals surface area contributed by atoms with Crippen LogP contribution in [0.25, 0.3) is 11.8 Å². The lowest BCUT2D eigenvalue weighted by molar-refractivity contribution is -0.123. The number of thiazole rings is 1. The summed E-state index contributed by atoms with van der Waals surface area (Å²) in [5, 5.41) is 15.7. The van der Waals surface area contributed by atoms with Crippen LogP contribution in [0.5, 0.6) is 0 Å². The van der Waals surface area contributed by atoms with Crippen molar-refractivity contribution in [3.05, 3.63) is 43.8 Å². The Kier molecular flexibility index (Phi) is 6.84. The highest BCUT2D eigenvalue weighted by Crippen LogP contribution is 2.20. The number of nitrogens with one attached hydrogen (secondary N) is 2. The Morgan fingerprint density at radius 1 is 1.41 bits per heavy atom. The van der Waals surface area contributed by atoms with Crippen molar-refractivity contribution in [2.45, 2.75) is 47.3 Å². The van der Waals surface area contributed by atoms with Gasteiger partial charge in [0.2, 0.25) is 11.8 Å². The van der Waals surface area contributed by atoms with Crippen LogP contribution in [0.1, 0.15) is 34.6 Å². The SMILES string of the molecule is CCn1c(=C(C#N)C2=NCC(C)O2)sc(=CNc2cccc(NC(=O)C(C)(C)C)c2)c1=O. The van der Waals surface area contributed by atoms with Crippen molar-refractivity contribution in [3.63, 3.8) is 0 Å². The minimum atomic E-state index is -0.506. The molecule has 1 amide bonds. The summed E-state index contributed by atoms with van der Waals surface area (Å²) in [5.74, 6) is 0.198. The largest absolute Gasteiger partial charge is 0.472 e. The van der Waals surface area contributed by atoms with Crippen LogP contribution in [-0.4, -0.2) is 29.0 Å². The van der Waals surface area contributed by atoms with Gasteiger partial charge in [0.05, 0.1) is 6.54 Å². The lowest BCUT2D eigenvalue weighted by Crippen LogP contribution is -2.32. The van der Waals surface area contributed by atoms with E-state index in [2.05, 4.69) is 21.7 Å². The molecule has 2 N–H and O–H groups in total. The Balaban J connectivity index is 1.95. The van der Waals surface area contributed by atoms with Gasteiger partial charge in [0.1, 0.15) is 26.9 Å². The zero-order chi connectivity index (χ0) is 23.5. The quantitative estimate of drug-likeness (QED) is 0.722. The van der Waals surface area contributed by atoms with Gasteiger partial charge >= 0.3 is 0 Å². The van der Waals surface area contributed by atoms with Gasteiger partial charge in [-0.15, -0.1) is 11.3 Å². The topological polar surface area (TPSA) is 109 Å². The van der Waals surface area contributed by atoms with Crippen LogP contribution in [0.2, 0.25) is 0 Å². The Bertz CT molecular complexity index is 1270. The van der Waals surface area contributed by atoms with Crippen LogP contribution in [0.4, 0.5) is 11.4 Å². The second kappa shape index (κ2) is 9.40. The zero-order valence-corrected chi connectivity index (χ0v) is 19.7. The molecule has 1 aliphatic heterocycles. The van der Waals surface area contributed by atoms with E-state index in [1.807, 2.05) is 46.8 Å². The molecule has 1 unspecified atom stereocenters. The van der Waals surface area contributed by atoms with Crippen LogP contribution in [0.15, 0.2) is 34.1 Å². The first-order chi connectivity index (χ1) is 15.1. The third-order valence-corrected chi connectivity index (χ3v) is 5.87. The number of hydrogen-bond donors (Lipinski definition) is 2. The van der Waals surface area contributed by atoms with E-state index in [-0.39, 0.29) is 29.0 Å². The van der Waals surface area contributed by atoms with Gasteiger partial charge in [-0.2, -0.15) is 5.26 Å². The molecule has 2 aromatic rings. The smallest absolute Gasteiger partial charge is 0.270 e. The standard InChI is InChI=1S/C23H27N5O3S/c1-6-28-20(29)18(32-21(28)17(11-24)19-26-12-14(2)31-19)13-25-15-8-7-9-16(10-15)27-22(30)23(3,4)5/h7-10,13-14,25H,6,12H2,1-5H3,(H,27,30). The van der Waals surface area contributed by atoms with Crippen molar-refractivity contribution in [1.82, 2.24) is 4.57 Å². The number of ether oxygens (including phenoxy) is 1. The second-order valence-electron chi connectivity index (χ2n) is 8.46. The zero-order valence-electron chi connectivity index (χ0n) is 18.9. The number of carbonyl (C=O) groups excluding carboxylic acids is 1. The maximum atomic E-state index is 12.9. The van der Waals surface area contributed by atoms with Crippen molar-refractivity contribution >= 4 is 46.3 Å². The highest BCUT2D eigenvalue weighted by atomic mass is 32.1. The van der Waals surface area contributed by atoms with E-state index in [9.17, 15) is 14.9 Å². The molecule has 32 heavy (non-hydrogen) atoms. The monoisotopic (exact) mass is 453 g/mol. The molecule has 168 valence electrons. The summed E-state index contributed by atoms with van der Waals surface area (Å²) >= 11 is 1.21. The third-order valence-electron chi connectivity index (χ3n) is 4.74. The minimum absolute atomic E-state index is 0.0849. The molecule has 0 spiro atoms. The molecule has 1 atom stereocenters. The van der Waals surface area contributed by atoms with E-state index in [0.29, 0.717) is 28.0 Å². The Morgan fingerprint density at radius 2 is 2.12 bits per heavy atom. The van der Waals surface area contributed by atoms with E-state index >= 15 is 0 Å². The number of nitrogens with zero attached hydrogens (tertiary/aromatic N) is 3. The van der Waals surface area contributed by atoms with Crippen molar-refractivity contribution in [1.29, 1.82) is 5.26 Å². The van der Waals surface area contributed by atoms with Crippen LogP contribution in [0.3, 0.4) is 0 Å². The molecule has 1 aromatic heterocycles. The average Bonchev–Trinajstić information content (AvgIpc) is 3.30. The predicted octanol–water partition coefficient (Wildman–Crippen LogP) is 2.26. The Morgan fingerprint density at radius 3 is 2.72 bits per heavy atom. The van der Waals surface area contributed by atoms with Gasteiger partial charge in [-0.05, 0) is 32.0 Å². The Labute approximate surface area is 190 Å². The molecule has 0 saturated heterocycles. The maximum Gasteiger partial charge on any atom is 0.270 e. The molecular weight excluding hydrogens is 426 g/mol. The number of amides is 1. The lowest BCUT2D eigenvalue weighted by atomic mass is 9.95. The Hall–Kier alpha value is -3.38. The molecule has 9 heteroatoms. The third kappa shape index (κ3) is 5.08. The van der Waals surface area contributed by atoms with E-state index in [1.165, 1.54) is 11.3 Å². The van der Waals surface area contributed by atoms with Crippen molar-refractivity contribution < 1.29 is 9.53 Å². The molecule has 0 aliphatic carbocycles. The van der Waals surface area contributed by atoms with E-state index in [4.69, 9.17) is 4.74 Å². The van der Waals surface area contributed by atoms with Crippen molar-refractivity contribution in [2.24, 2.45) is 10.4 Å². The van der Waals surface area contributed by atoms with Crippen LogP contribution >= 0.6 is 11.3 Å². The van der Waals surface area contributed by atoms with Crippen molar-refractivity contribution in [3.8, 4) is 6.07 Å². The summed E-state index contributed by atoms with van der Waals surface area (Å²) in [6.45, 7) is 10.2. The summed E-state index contributed by atoms with van der Waals surface area (Å²) in [4.78, 5) is 29.4. The number of carbonyl (C=O) groups is 1. The number of benzene rings is 1. The van der Waals surface area contributed by atoms with Gasteiger partial charge < -0.3 is 15.4 Å². The first kappa shape index (κ1) is 23.3. The molecule has 3 rings (SSSR count). The number of aromatic nitrogens is 1. The highest BCUT2D eigenvalue weighted by Gasteiger charge is 2.22. The summed E-state index contributed by atoms with van der Waals surface area (Å²) in [7, 11) is 0. The number of hydrogen-bond acceptors (Lipinski definition) is 7. The normalized spacial score (nSPS) is 17.3. The molecule has 1 aromatic carbocycles. The highest BCUT2D eigenvalue weighted by molar-refractivity contribution is 7.07. The summed E-state index contributed by atoms with van der Waals surface area (Å²) in [6.07, 6.45) is 1.52. The van der Waals surface area contributed by atoms with Gasteiger partial charge in [-0.25, -0.2) is 4.99 Å². The summed E-state index contributed by atoms with van der Waals surface area (Å²) in [5.41, 5.74) is 0.943. The fraction of sp³-hybridized carbons (Fsp3) is 0.391. The molecule has 2 heterocycles. The van der Waals surface area contributed by atoms with Gasteiger partial charge in [0.15, 0.2) is 0 Å². The van der Waals surface area contributed by atoms with E-state index in [0.717, 1.165) is 5.69 Å². The molecule has 0 fully saturated rings.